The van der Waals surface area contributed by atoms with Gasteiger partial charge in [0.15, 0.2) is 0 Å². The van der Waals surface area contributed by atoms with Crippen molar-refractivity contribution in [3.05, 3.63) is 69.2 Å². The van der Waals surface area contributed by atoms with E-state index in [2.05, 4.69) is 4.90 Å². The molecular weight excluding hydrogens is 358 g/mol. The molecule has 4 rings (SSSR count). The number of hydrogen-bond acceptors (Lipinski definition) is 3. The minimum absolute atomic E-state index is 0.0281. The third-order valence-electron chi connectivity index (χ3n) is 5.43. The number of rotatable bonds is 4. The first-order valence-corrected chi connectivity index (χ1v) is 10.0. The van der Waals surface area contributed by atoms with Gasteiger partial charge in [-0.25, -0.2) is 4.98 Å². The van der Waals surface area contributed by atoms with Gasteiger partial charge in [0, 0.05) is 18.0 Å². The maximum Gasteiger partial charge on any atom is 0.265 e. The summed E-state index contributed by atoms with van der Waals surface area (Å²) in [5.41, 5.74) is 2.45. The van der Waals surface area contributed by atoms with Crippen molar-refractivity contribution >= 4 is 22.5 Å². The molecule has 0 radical (unpaired) electrons. The molecule has 3 aromatic rings. The lowest BCUT2D eigenvalue weighted by Gasteiger charge is -2.26. The van der Waals surface area contributed by atoms with Gasteiger partial charge in [-0.05, 0) is 62.7 Å². The van der Waals surface area contributed by atoms with Crippen LogP contribution < -0.4 is 5.56 Å². The fourth-order valence-corrected chi connectivity index (χ4v) is 4.04. The molecule has 0 bridgehead atoms. The maximum atomic E-state index is 13.3. The first-order chi connectivity index (χ1) is 13.1. The fourth-order valence-electron chi connectivity index (χ4n) is 3.87. The van der Waals surface area contributed by atoms with Crippen molar-refractivity contribution in [1.82, 2.24) is 14.5 Å². The minimum Gasteiger partial charge on any atom is -0.303 e. The maximum absolute atomic E-state index is 13.3. The molecule has 4 nitrogen and oxygen atoms in total. The standard InChI is InChI=1S/C22H24ClN3O/c1-16-18(23)9-7-11-20(16)26-21(12-15-25-13-5-2-6-14-25)24-19-10-4-3-8-17(19)22(26)27/h3-4,7-11H,2,5-6,12-15H2,1H3. The summed E-state index contributed by atoms with van der Waals surface area (Å²) in [6.07, 6.45) is 4.57. The molecule has 5 heteroatoms. The highest BCUT2D eigenvalue weighted by Gasteiger charge is 2.17. The molecular formula is C22H24ClN3O. The van der Waals surface area contributed by atoms with Crippen LogP contribution in [0.25, 0.3) is 16.6 Å². The number of benzene rings is 2. The molecule has 0 unspecified atom stereocenters. The average Bonchev–Trinajstić information content (AvgIpc) is 2.70. The number of nitrogens with zero attached hydrogens (tertiary/aromatic N) is 3. The summed E-state index contributed by atoms with van der Waals surface area (Å²) in [7, 11) is 0. The molecule has 0 N–H and O–H groups in total. The summed E-state index contributed by atoms with van der Waals surface area (Å²) in [5.74, 6) is 0.801. The van der Waals surface area contributed by atoms with E-state index in [-0.39, 0.29) is 5.56 Å². The van der Waals surface area contributed by atoms with Gasteiger partial charge in [0.25, 0.3) is 5.56 Å². The average molecular weight is 382 g/mol. The van der Waals surface area contributed by atoms with Crippen LogP contribution in [0, 0.1) is 6.92 Å². The lowest BCUT2D eigenvalue weighted by Crippen LogP contribution is -2.33. The third-order valence-corrected chi connectivity index (χ3v) is 5.83. The Morgan fingerprint density at radius 1 is 1.04 bits per heavy atom. The van der Waals surface area contributed by atoms with Gasteiger partial charge in [-0.2, -0.15) is 0 Å². The highest BCUT2D eigenvalue weighted by atomic mass is 35.5. The quantitative estimate of drug-likeness (QED) is 0.673. The Kier molecular flexibility index (Phi) is 5.28. The first kappa shape index (κ1) is 18.2. The summed E-state index contributed by atoms with van der Waals surface area (Å²) in [6, 6.07) is 13.3. The molecule has 0 saturated carbocycles. The zero-order valence-corrected chi connectivity index (χ0v) is 16.4. The summed E-state index contributed by atoms with van der Waals surface area (Å²) in [5, 5.41) is 1.30. The normalized spacial score (nSPS) is 15.3. The van der Waals surface area contributed by atoms with Crippen LogP contribution in [-0.4, -0.2) is 34.1 Å². The number of hydrogen-bond donors (Lipinski definition) is 0. The van der Waals surface area contributed by atoms with Crippen LogP contribution in [0.3, 0.4) is 0 Å². The van der Waals surface area contributed by atoms with Gasteiger partial charge < -0.3 is 4.90 Å². The highest BCUT2D eigenvalue weighted by Crippen LogP contribution is 2.23. The first-order valence-electron chi connectivity index (χ1n) is 9.63. The predicted molar refractivity (Wildman–Crippen MR) is 111 cm³/mol. The number of para-hydroxylation sites is 1. The molecule has 0 spiro atoms. The van der Waals surface area contributed by atoms with Crippen molar-refractivity contribution in [2.45, 2.75) is 32.6 Å². The second-order valence-corrected chi connectivity index (χ2v) is 7.63. The fraction of sp³-hybridized carbons (Fsp3) is 0.364. The largest absolute Gasteiger partial charge is 0.303 e. The number of likely N-dealkylation sites (tertiary alicyclic amines) is 1. The Bertz CT molecular complexity index is 1020. The lowest BCUT2D eigenvalue weighted by molar-refractivity contribution is 0.230. The van der Waals surface area contributed by atoms with Crippen molar-refractivity contribution in [2.24, 2.45) is 0 Å². The van der Waals surface area contributed by atoms with Gasteiger partial charge in [-0.1, -0.05) is 36.2 Å². The molecule has 2 heterocycles. The van der Waals surface area contributed by atoms with Crippen LogP contribution in [0.5, 0.6) is 0 Å². The number of aromatic nitrogens is 2. The molecule has 1 saturated heterocycles. The van der Waals surface area contributed by atoms with Crippen LogP contribution in [0.1, 0.15) is 30.7 Å². The Balaban J connectivity index is 1.82. The zero-order chi connectivity index (χ0) is 18.8. The van der Waals surface area contributed by atoms with Crippen molar-refractivity contribution in [3.8, 4) is 5.69 Å². The topological polar surface area (TPSA) is 38.1 Å². The van der Waals surface area contributed by atoms with E-state index >= 15 is 0 Å². The second-order valence-electron chi connectivity index (χ2n) is 7.22. The van der Waals surface area contributed by atoms with E-state index in [0.717, 1.165) is 48.6 Å². The summed E-state index contributed by atoms with van der Waals surface area (Å²) in [6.45, 7) is 5.14. The van der Waals surface area contributed by atoms with Crippen LogP contribution in [0.4, 0.5) is 0 Å². The number of halogens is 1. The summed E-state index contributed by atoms with van der Waals surface area (Å²) in [4.78, 5) is 20.7. The highest BCUT2D eigenvalue weighted by molar-refractivity contribution is 6.31. The van der Waals surface area contributed by atoms with E-state index in [1.807, 2.05) is 49.4 Å². The molecule has 27 heavy (non-hydrogen) atoms. The van der Waals surface area contributed by atoms with E-state index in [1.54, 1.807) is 4.57 Å². The van der Waals surface area contributed by atoms with Crippen molar-refractivity contribution in [3.63, 3.8) is 0 Å². The molecule has 2 aromatic carbocycles. The van der Waals surface area contributed by atoms with Gasteiger partial charge in [0.05, 0.1) is 16.6 Å². The monoisotopic (exact) mass is 381 g/mol. The molecule has 1 aliphatic heterocycles. The van der Waals surface area contributed by atoms with E-state index in [9.17, 15) is 4.79 Å². The minimum atomic E-state index is -0.0281. The smallest absolute Gasteiger partial charge is 0.265 e. The molecule has 0 aliphatic carbocycles. The Hall–Kier alpha value is -2.17. The Labute approximate surface area is 164 Å². The summed E-state index contributed by atoms with van der Waals surface area (Å²) < 4.78 is 1.76. The molecule has 1 fully saturated rings. The van der Waals surface area contributed by atoms with Crippen LogP contribution in [0.15, 0.2) is 47.3 Å². The van der Waals surface area contributed by atoms with Crippen LogP contribution in [-0.2, 0) is 6.42 Å². The van der Waals surface area contributed by atoms with Gasteiger partial charge in [0.2, 0.25) is 0 Å². The van der Waals surface area contributed by atoms with Crippen molar-refractivity contribution < 1.29 is 0 Å². The Morgan fingerprint density at radius 2 is 1.81 bits per heavy atom. The summed E-state index contributed by atoms with van der Waals surface area (Å²) >= 11 is 6.34. The van der Waals surface area contributed by atoms with Crippen molar-refractivity contribution in [2.75, 3.05) is 19.6 Å². The molecule has 1 aliphatic rings. The van der Waals surface area contributed by atoms with Gasteiger partial charge in [0.1, 0.15) is 5.82 Å². The SMILES string of the molecule is Cc1c(Cl)cccc1-n1c(CCN2CCCCC2)nc2ccccc2c1=O. The predicted octanol–water partition coefficient (Wildman–Crippen LogP) is 4.38. The second kappa shape index (κ2) is 7.83. The number of piperidine rings is 1. The molecule has 140 valence electrons. The van der Waals surface area contributed by atoms with Gasteiger partial charge >= 0.3 is 0 Å². The van der Waals surface area contributed by atoms with E-state index in [4.69, 9.17) is 16.6 Å². The van der Waals surface area contributed by atoms with Crippen molar-refractivity contribution in [1.29, 1.82) is 0 Å². The zero-order valence-electron chi connectivity index (χ0n) is 15.6. The van der Waals surface area contributed by atoms with E-state index in [0.29, 0.717) is 10.4 Å². The lowest BCUT2D eigenvalue weighted by atomic mass is 10.1. The number of fused-ring (bicyclic) bond motifs is 1. The van der Waals surface area contributed by atoms with E-state index < -0.39 is 0 Å². The molecule has 1 aromatic heterocycles. The van der Waals surface area contributed by atoms with Gasteiger partial charge in [-0.3, -0.25) is 9.36 Å². The van der Waals surface area contributed by atoms with Gasteiger partial charge in [-0.15, -0.1) is 0 Å². The molecule has 0 amide bonds. The van der Waals surface area contributed by atoms with Crippen LogP contribution in [0.2, 0.25) is 5.02 Å². The van der Waals surface area contributed by atoms with Crippen LogP contribution >= 0.6 is 11.6 Å². The Morgan fingerprint density at radius 3 is 2.63 bits per heavy atom. The molecule has 0 atom stereocenters. The third kappa shape index (κ3) is 3.64. The van der Waals surface area contributed by atoms with E-state index in [1.165, 1.54) is 19.3 Å².